The third-order valence-corrected chi connectivity index (χ3v) is 4.29. The lowest BCUT2D eigenvalue weighted by Gasteiger charge is -2.18. The van der Waals surface area contributed by atoms with Crippen molar-refractivity contribution in [3.8, 4) is 0 Å². The van der Waals surface area contributed by atoms with Crippen LogP contribution in [-0.2, 0) is 13.0 Å². The van der Waals surface area contributed by atoms with Gasteiger partial charge in [-0.25, -0.2) is 17.6 Å². The first-order chi connectivity index (χ1) is 13.0. The minimum Gasteiger partial charge on any atom is -0.339 e. The Hall–Kier alpha value is -2.41. The third kappa shape index (κ3) is 5.79. The van der Waals surface area contributed by atoms with Gasteiger partial charge in [-0.2, -0.15) is 0 Å². The maximum absolute atomic E-state index is 14.2. The molecule has 0 aliphatic carbocycles. The zero-order valence-electron chi connectivity index (χ0n) is 15.2. The van der Waals surface area contributed by atoms with Crippen molar-refractivity contribution < 1.29 is 17.6 Å². The smallest absolute Gasteiger partial charge is 0.189 e. The average Bonchev–Trinajstić information content (AvgIpc) is 2.69. The van der Waals surface area contributed by atoms with E-state index >= 15 is 0 Å². The highest BCUT2D eigenvalue weighted by Crippen LogP contribution is 2.22. The maximum atomic E-state index is 14.2. The second-order valence-electron chi connectivity index (χ2n) is 6.17. The number of halogens is 4. The molecule has 27 heavy (non-hydrogen) atoms. The van der Waals surface area contributed by atoms with Crippen molar-refractivity contribution in [1.29, 1.82) is 5.41 Å². The summed E-state index contributed by atoms with van der Waals surface area (Å²) >= 11 is 0. The van der Waals surface area contributed by atoms with Crippen LogP contribution in [0.1, 0.15) is 36.5 Å². The van der Waals surface area contributed by atoms with Crippen LogP contribution in [0.15, 0.2) is 41.9 Å². The third-order valence-electron chi connectivity index (χ3n) is 4.29. The van der Waals surface area contributed by atoms with Gasteiger partial charge >= 0.3 is 0 Å². The number of nitrogens with one attached hydrogen (secondary N) is 2. The highest BCUT2D eigenvalue weighted by atomic mass is 19.2. The fraction of sp³-hybridized carbons (Fsp3) is 0.350. The van der Waals surface area contributed by atoms with E-state index in [0.29, 0.717) is 12.1 Å². The molecule has 0 unspecified atom stereocenters. The van der Waals surface area contributed by atoms with Crippen LogP contribution in [0.3, 0.4) is 0 Å². The SMILES string of the molecule is CC/C(F)=C(F)\C(F)=C/CCN(C=N)/C=C/c1cc2c(cc1F)CNCC2. The van der Waals surface area contributed by atoms with Gasteiger partial charge in [-0.05, 0) is 61.2 Å². The van der Waals surface area contributed by atoms with Crippen LogP contribution in [0.25, 0.3) is 6.08 Å². The van der Waals surface area contributed by atoms with Crippen molar-refractivity contribution in [1.82, 2.24) is 10.2 Å². The number of benzene rings is 1. The highest BCUT2D eigenvalue weighted by Gasteiger charge is 2.12. The zero-order chi connectivity index (χ0) is 19.8. The summed E-state index contributed by atoms with van der Waals surface area (Å²) < 4.78 is 54.0. The topological polar surface area (TPSA) is 39.1 Å². The molecule has 0 fully saturated rings. The molecule has 7 heteroatoms. The maximum Gasteiger partial charge on any atom is 0.189 e. The van der Waals surface area contributed by atoms with Gasteiger partial charge in [0.2, 0.25) is 0 Å². The number of rotatable bonds is 8. The van der Waals surface area contributed by atoms with Crippen LogP contribution in [-0.4, -0.2) is 24.3 Å². The number of hydrogen-bond acceptors (Lipinski definition) is 2. The molecule has 3 nitrogen and oxygen atoms in total. The van der Waals surface area contributed by atoms with E-state index in [0.717, 1.165) is 36.5 Å². The van der Waals surface area contributed by atoms with Crippen LogP contribution in [0.2, 0.25) is 0 Å². The largest absolute Gasteiger partial charge is 0.339 e. The molecule has 0 spiro atoms. The molecule has 1 aliphatic heterocycles. The lowest BCUT2D eigenvalue weighted by molar-refractivity contribution is 0.477. The molecule has 0 atom stereocenters. The molecule has 0 aromatic heterocycles. The fourth-order valence-corrected chi connectivity index (χ4v) is 2.72. The van der Waals surface area contributed by atoms with Gasteiger partial charge in [0.15, 0.2) is 11.7 Å². The normalized spacial score (nSPS) is 15.5. The van der Waals surface area contributed by atoms with Gasteiger partial charge < -0.3 is 10.2 Å². The lowest BCUT2D eigenvalue weighted by atomic mass is 9.98. The van der Waals surface area contributed by atoms with Gasteiger partial charge in [0.1, 0.15) is 11.6 Å². The number of nitrogens with zero attached hydrogens (tertiary/aromatic N) is 1. The van der Waals surface area contributed by atoms with Gasteiger partial charge in [-0.15, -0.1) is 0 Å². The summed E-state index contributed by atoms with van der Waals surface area (Å²) in [5.74, 6) is -4.23. The summed E-state index contributed by atoms with van der Waals surface area (Å²) in [6, 6.07) is 3.29. The van der Waals surface area contributed by atoms with Crippen LogP contribution in [0, 0.1) is 11.2 Å². The van der Waals surface area contributed by atoms with Gasteiger partial charge in [-0.3, -0.25) is 5.41 Å². The van der Waals surface area contributed by atoms with E-state index in [4.69, 9.17) is 5.41 Å². The van der Waals surface area contributed by atoms with Crippen molar-refractivity contribution in [3.05, 3.63) is 64.4 Å². The van der Waals surface area contributed by atoms with E-state index < -0.39 is 17.5 Å². The first kappa shape index (κ1) is 20.9. The van der Waals surface area contributed by atoms with Gasteiger partial charge in [0.05, 0.1) is 6.34 Å². The Morgan fingerprint density at radius 1 is 1.26 bits per heavy atom. The quantitative estimate of drug-likeness (QED) is 0.283. The molecule has 1 aromatic carbocycles. The molecule has 2 N–H and O–H groups in total. The molecular weight excluding hydrogens is 358 g/mol. The molecule has 1 aromatic rings. The van der Waals surface area contributed by atoms with E-state index in [2.05, 4.69) is 5.32 Å². The number of hydrogen-bond donors (Lipinski definition) is 2. The van der Waals surface area contributed by atoms with Crippen molar-refractivity contribution in [2.75, 3.05) is 13.1 Å². The Labute approximate surface area is 156 Å². The summed E-state index contributed by atoms with van der Waals surface area (Å²) in [5, 5.41) is 10.6. The van der Waals surface area contributed by atoms with Gasteiger partial charge in [0, 0.05) is 24.9 Å². The van der Waals surface area contributed by atoms with E-state index in [1.54, 1.807) is 12.1 Å². The monoisotopic (exact) mass is 381 g/mol. The van der Waals surface area contributed by atoms with Crippen LogP contribution >= 0.6 is 0 Å². The van der Waals surface area contributed by atoms with Crippen molar-refractivity contribution >= 4 is 12.4 Å². The number of allylic oxidation sites excluding steroid dienone is 3. The highest BCUT2D eigenvalue weighted by molar-refractivity contribution is 5.59. The van der Waals surface area contributed by atoms with Gasteiger partial charge in [0.25, 0.3) is 0 Å². The average molecular weight is 381 g/mol. The Kier molecular flexibility index (Phi) is 7.79. The molecular formula is C20H23F4N3. The molecule has 0 amide bonds. The Bertz CT molecular complexity index is 769. The minimum absolute atomic E-state index is 0.0638. The molecule has 1 heterocycles. The fourth-order valence-electron chi connectivity index (χ4n) is 2.72. The molecule has 2 rings (SSSR count). The molecule has 0 saturated carbocycles. The Morgan fingerprint density at radius 2 is 2.04 bits per heavy atom. The van der Waals surface area contributed by atoms with E-state index in [-0.39, 0.29) is 25.2 Å². The first-order valence-corrected chi connectivity index (χ1v) is 8.83. The summed E-state index contributed by atoms with van der Waals surface area (Å²) in [6.07, 6.45) is 5.65. The molecule has 1 aliphatic rings. The summed E-state index contributed by atoms with van der Waals surface area (Å²) in [6.45, 7) is 3.05. The minimum atomic E-state index is -1.49. The molecule has 0 bridgehead atoms. The summed E-state index contributed by atoms with van der Waals surface area (Å²) in [5.41, 5.74) is 2.43. The Balaban J connectivity index is 2.02. The summed E-state index contributed by atoms with van der Waals surface area (Å²) in [4.78, 5) is 1.40. The van der Waals surface area contributed by atoms with E-state index in [9.17, 15) is 17.6 Å². The summed E-state index contributed by atoms with van der Waals surface area (Å²) in [7, 11) is 0. The zero-order valence-corrected chi connectivity index (χ0v) is 15.2. The van der Waals surface area contributed by atoms with Gasteiger partial charge in [-0.1, -0.05) is 6.92 Å². The van der Waals surface area contributed by atoms with Crippen molar-refractivity contribution in [3.63, 3.8) is 0 Å². The van der Waals surface area contributed by atoms with Crippen LogP contribution in [0.4, 0.5) is 17.6 Å². The van der Waals surface area contributed by atoms with Crippen molar-refractivity contribution in [2.45, 2.75) is 32.7 Å². The van der Waals surface area contributed by atoms with Crippen LogP contribution < -0.4 is 5.32 Å². The Morgan fingerprint density at radius 3 is 2.74 bits per heavy atom. The van der Waals surface area contributed by atoms with Crippen LogP contribution in [0.5, 0.6) is 0 Å². The van der Waals surface area contributed by atoms with E-state index in [1.807, 2.05) is 0 Å². The van der Waals surface area contributed by atoms with E-state index in [1.165, 1.54) is 24.1 Å². The molecule has 146 valence electrons. The molecule has 0 radical (unpaired) electrons. The second kappa shape index (κ2) is 10.1. The predicted octanol–water partition coefficient (Wildman–Crippen LogP) is 5.16. The lowest BCUT2D eigenvalue weighted by Crippen LogP contribution is -2.23. The second-order valence-corrected chi connectivity index (χ2v) is 6.17. The predicted molar refractivity (Wildman–Crippen MR) is 99.7 cm³/mol. The number of fused-ring (bicyclic) bond motifs is 1. The molecule has 0 saturated heterocycles. The first-order valence-electron chi connectivity index (χ1n) is 8.83. The standard InChI is InChI=1S/C20H23F4N3/c1-2-17(21)20(24)18(22)4-3-8-27(13-25)9-6-15-10-14-5-7-26-12-16(14)11-19(15)23/h4,6,9-11,13,25-26H,2-3,5,7-8,12H2,1H3/b9-6+,18-4+,20-17-,25-13?. The van der Waals surface area contributed by atoms with Crippen molar-refractivity contribution in [2.24, 2.45) is 0 Å².